The first-order valence-corrected chi connectivity index (χ1v) is 8.45. The molecule has 0 atom stereocenters. The summed E-state index contributed by atoms with van der Waals surface area (Å²) in [5, 5.41) is 7.24. The maximum atomic E-state index is 12.7. The minimum absolute atomic E-state index is 0. The molecule has 0 saturated carbocycles. The summed E-state index contributed by atoms with van der Waals surface area (Å²) >= 11 is 0. The van der Waals surface area contributed by atoms with Gasteiger partial charge in [-0.2, -0.15) is 0 Å². The molecule has 26 heavy (non-hydrogen) atoms. The van der Waals surface area contributed by atoms with Crippen LogP contribution in [0.4, 0.5) is 0 Å². The van der Waals surface area contributed by atoms with Crippen LogP contribution >= 0.6 is 24.8 Å². The standard InChI is InChI=1S/C18H22N4O2.2ClH/c1-13-8-17(24-20-13)12-21-4-6-22(7-5-21)18(23)14-2-3-15-10-19-11-16(15)9-14;;/h2-3,8-9,19H,4-7,10-12H2,1H3;2*1H. The van der Waals surface area contributed by atoms with Crippen LogP contribution in [0.25, 0.3) is 0 Å². The number of carbonyl (C=O) groups excluding carboxylic acids is 1. The molecule has 2 aliphatic rings. The van der Waals surface area contributed by atoms with E-state index in [1.807, 2.05) is 30.0 Å². The normalized spacial score (nSPS) is 16.6. The van der Waals surface area contributed by atoms with Gasteiger partial charge in [0.25, 0.3) is 5.91 Å². The van der Waals surface area contributed by atoms with Gasteiger partial charge in [-0.3, -0.25) is 9.69 Å². The van der Waals surface area contributed by atoms with Crippen molar-refractivity contribution in [2.75, 3.05) is 26.2 Å². The van der Waals surface area contributed by atoms with Gasteiger partial charge in [0, 0.05) is 50.9 Å². The lowest BCUT2D eigenvalue weighted by Crippen LogP contribution is -2.48. The third-order valence-electron chi connectivity index (χ3n) is 4.80. The van der Waals surface area contributed by atoms with E-state index in [0.717, 1.165) is 62.8 Å². The number of hydrogen-bond acceptors (Lipinski definition) is 5. The van der Waals surface area contributed by atoms with Crippen LogP contribution in [0.5, 0.6) is 0 Å². The van der Waals surface area contributed by atoms with Gasteiger partial charge in [-0.1, -0.05) is 11.2 Å². The first kappa shape index (κ1) is 20.7. The number of fused-ring (bicyclic) bond motifs is 1. The average molecular weight is 399 g/mol. The summed E-state index contributed by atoms with van der Waals surface area (Å²) in [6.07, 6.45) is 0. The van der Waals surface area contributed by atoms with Crippen molar-refractivity contribution in [1.82, 2.24) is 20.3 Å². The zero-order valence-corrected chi connectivity index (χ0v) is 16.4. The largest absolute Gasteiger partial charge is 0.360 e. The highest BCUT2D eigenvalue weighted by Gasteiger charge is 2.23. The second-order valence-corrected chi connectivity index (χ2v) is 6.59. The van der Waals surface area contributed by atoms with E-state index in [1.54, 1.807) is 0 Å². The van der Waals surface area contributed by atoms with Gasteiger partial charge in [0.1, 0.15) is 0 Å². The Kier molecular flexibility index (Phi) is 7.06. The highest BCUT2D eigenvalue weighted by Crippen LogP contribution is 2.19. The molecule has 6 nitrogen and oxygen atoms in total. The minimum atomic E-state index is 0. The fraction of sp³-hybridized carbons (Fsp3) is 0.444. The second kappa shape index (κ2) is 8.86. The zero-order valence-electron chi connectivity index (χ0n) is 14.7. The maximum absolute atomic E-state index is 12.7. The summed E-state index contributed by atoms with van der Waals surface area (Å²) < 4.78 is 5.28. The molecule has 0 bridgehead atoms. The molecular formula is C18H24Cl2N4O2. The third kappa shape index (κ3) is 4.38. The van der Waals surface area contributed by atoms with Crippen LogP contribution in [0, 0.1) is 6.92 Å². The summed E-state index contributed by atoms with van der Waals surface area (Å²) in [7, 11) is 0. The van der Waals surface area contributed by atoms with Crippen LogP contribution in [0.2, 0.25) is 0 Å². The van der Waals surface area contributed by atoms with Crippen LogP contribution in [0.3, 0.4) is 0 Å². The van der Waals surface area contributed by atoms with Gasteiger partial charge < -0.3 is 14.7 Å². The SMILES string of the molecule is Cc1cc(CN2CCN(C(=O)c3ccc4c(c3)CNC4)CC2)on1.Cl.Cl. The Morgan fingerprint density at radius 3 is 2.54 bits per heavy atom. The van der Waals surface area contributed by atoms with Crippen molar-refractivity contribution in [3.8, 4) is 0 Å². The monoisotopic (exact) mass is 398 g/mol. The Bertz CT molecular complexity index is 757. The van der Waals surface area contributed by atoms with Crippen molar-refractivity contribution in [3.05, 3.63) is 52.4 Å². The molecule has 142 valence electrons. The number of nitrogens with zero attached hydrogens (tertiary/aromatic N) is 3. The van der Waals surface area contributed by atoms with E-state index in [-0.39, 0.29) is 30.7 Å². The average Bonchev–Trinajstić information content (AvgIpc) is 3.23. The number of amides is 1. The lowest BCUT2D eigenvalue weighted by atomic mass is 10.1. The Morgan fingerprint density at radius 2 is 1.85 bits per heavy atom. The third-order valence-corrected chi connectivity index (χ3v) is 4.80. The van der Waals surface area contributed by atoms with Gasteiger partial charge in [-0.15, -0.1) is 24.8 Å². The van der Waals surface area contributed by atoms with E-state index in [9.17, 15) is 4.79 Å². The van der Waals surface area contributed by atoms with Gasteiger partial charge >= 0.3 is 0 Å². The van der Waals surface area contributed by atoms with Crippen LogP contribution in [0.1, 0.15) is 32.9 Å². The van der Waals surface area contributed by atoms with Crippen molar-refractivity contribution < 1.29 is 9.32 Å². The van der Waals surface area contributed by atoms with E-state index in [0.29, 0.717) is 0 Å². The van der Waals surface area contributed by atoms with Crippen molar-refractivity contribution in [2.45, 2.75) is 26.6 Å². The van der Waals surface area contributed by atoms with Gasteiger partial charge in [0.05, 0.1) is 12.2 Å². The first-order chi connectivity index (χ1) is 11.7. The van der Waals surface area contributed by atoms with E-state index in [4.69, 9.17) is 4.52 Å². The second-order valence-electron chi connectivity index (χ2n) is 6.59. The maximum Gasteiger partial charge on any atom is 0.253 e. The summed E-state index contributed by atoms with van der Waals surface area (Å²) in [4.78, 5) is 17.0. The molecule has 8 heteroatoms. The molecule has 2 aliphatic heterocycles. The number of carbonyl (C=O) groups is 1. The molecular weight excluding hydrogens is 375 g/mol. The Morgan fingerprint density at radius 1 is 1.12 bits per heavy atom. The smallest absolute Gasteiger partial charge is 0.253 e. The number of aryl methyl sites for hydroxylation is 1. The molecule has 0 radical (unpaired) electrons. The molecule has 1 fully saturated rings. The Labute approximate surface area is 165 Å². The molecule has 1 amide bonds. The molecule has 3 heterocycles. The molecule has 2 aromatic rings. The van der Waals surface area contributed by atoms with Crippen LogP contribution < -0.4 is 5.32 Å². The number of hydrogen-bond donors (Lipinski definition) is 1. The number of piperazine rings is 1. The summed E-state index contributed by atoms with van der Waals surface area (Å²) in [5.74, 6) is 1.03. The highest BCUT2D eigenvalue weighted by molar-refractivity contribution is 5.94. The molecule has 0 spiro atoms. The quantitative estimate of drug-likeness (QED) is 0.859. The predicted octanol–water partition coefficient (Wildman–Crippen LogP) is 2.39. The van der Waals surface area contributed by atoms with Crippen molar-refractivity contribution >= 4 is 30.7 Å². The predicted molar refractivity (Wildman–Crippen MR) is 104 cm³/mol. The molecule has 1 saturated heterocycles. The molecule has 0 aliphatic carbocycles. The van der Waals surface area contributed by atoms with Crippen molar-refractivity contribution in [3.63, 3.8) is 0 Å². The number of benzene rings is 1. The van der Waals surface area contributed by atoms with E-state index < -0.39 is 0 Å². The topological polar surface area (TPSA) is 61.6 Å². The molecule has 1 N–H and O–H groups in total. The van der Waals surface area contributed by atoms with E-state index >= 15 is 0 Å². The van der Waals surface area contributed by atoms with Crippen LogP contribution in [-0.4, -0.2) is 47.0 Å². The van der Waals surface area contributed by atoms with Gasteiger partial charge in [0.2, 0.25) is 0 Å². The molecule has 4 rings (SSSR count). The van der Waals surface area contributed by atoms with Crippen LogP contribution in [0.15, 0.2) is 28.8 Å². The number of aromatic nitrogens is 1. The minimum Gasteiger partial charge on any atom is -0.360 e. The fourth-order valence-corrected chi connectivity index (χ4v) is 3.43. The van der Waals surface area contributed by atoms with E-state index in [2.05, 4.69) is 21.4 Å². The van der Waals surface area contributed by atoms with Crippen LogP contribution in [-0.2, 0) is 19.6 Å². The lowest BCUT2D eigenvalue weighted by Gasteiger charge is -2.34. The fourth-order valence-electron chi connectivity index (χ4n) is 3.43. The number of halogens is 2. The molecule has 1 aromatic heterocycles. The first-order valence-electron chi connectivity index (χ1n) is 8.45. The highest BCUT2D eigenvalue weighted by atomic mass is 35.5. The summed E-state index contributed by atoms with van der Waals surface area (Å²) in [6, 6.07) is 8.04. The molecule has 1 aromatic carbocycles. The van der Waals surface area contributed by atoms with E-state index in [1.165, 1.54) is 11.1 Å². The van der Waals surface area contributed by atoms with Crippen molar-refractivity contribution in [1.29, 1.82) is 0 Å². The van der Waals surface area contributed by atoms with Gasteiger partial charge in [-0.25, -0.2) is 0 Å². The Hall–Kier alpha value is -1.60. The summed E-state index contributed by atoms with van der Waals surface area (Å²) in [6.45, 7) is 7.67. The molecule has 0 unspecified atom stereocenters. The lowest BCUT2D eigenvalue weighted by molar-refractivity contribution is 0.0617. The summed E-state index contributed by atoms with van der Waals surface area (Å²) in [5.41, 5.74) is 4.26. The van der Waals surface area contributed by atoms with Gasteiger partial charge in [0.15, 0.2) is 5.76 Å². The van der Waals surface area contributed by atoms with Crippen molar-refractivity contribution in [2.24, 2.45) is 0 Å². The zero-order chi connectivity index (χ0) is 16.5. The number of rotatable bonds is 3. The number of nitrogens with one attached hydrogen (secondary N) is 1. The van der Waals surface area contributed by atoms with Gasteiger partial charge in [-0.05, 0) is 30.2 Å². The Balaban J connectivity index is 0.00000121.